The maximum absolute atomic E-state index is 13.0. The van der Waals surface area contributed by atoms with Gasteiger partial charge in [-0.05, 0) is 48.9 Å². The lowest BCUT2D eigenvalue weighted by atomic mass is 10.1. The first-order valence-electron chi connectivity index (χ1n) is 9.26. The van der Waals surface area contributed by atoms with Crippen LogP contribution in [0.1, 0.15) is 13.3 Å². The van der Waals surface area contributed by atoms with Crippen molar-refractivity contribution < 1.29 is 13.2 Å². The number of anilines is 2. The number of hydrogen-bond acceptors (Lipinski definition) is 4. The molecule has 3 aromatic rings. The van der Waals surface area contributed by atoms with E-state index in [1.807, 2.05) is 0 Å². The van der Waals surface area contributed by atoms with Crippen LogP contribution in [0.15, 0.2) is 47.3 Å². The Kier molecular flexibility index (Phi) is 5.96. The SMILES string of the molecule is CCC(C(=O)Nc1ccc2c(c1)n(C)c(=O)n2C)N(c1ccc(Cl)cc1)S(C)(=O)=O. The third kappa shape index (κ3) is 4.08. The number of nitrogens with one attached hydrogen (secondary N) is 1. The molecule has 30 heavy (non-hydrogen) atoms. The average molecular weight is 451 g/mol. The van der Waals surface area contributed by atoms with Crippen LogP contribution in [0.25, 0.3) is 11.0 Å². The molecule has 0 aliphatic heterocycles. The molecule has 8 nitrogen and oxygen atoms in total. The maximum Gasteiger partial charge on any atom is 0.328 e. The number of hydrogen-bond donors (Lipinski definition) is 1. The highest BCUT2D eigenvalue weighted by Crippen LogP contribution is 2.25. The number of imidazole rings is 1. The van der Waals surface area contributed by atoms with Gasteiger partial charge in [0.15, 0.2) is 0 Å². The summed E-state index contributed by atoms with van der Waals surface area (Å²) >= 11 is 5.91. The highest BCUT2D eigenvalue weighted by atomic mass is 35.5. The third-order valence-corrected chi connectivity index (χ3v) is 6.38. The normalized spacial score (nSPS) is 12.7. The number of carbonyl (C=O) groups is 1. The summed E-state index contributed by atoms with van der Waals surface area (Å²) in [6.07, 6.45) is 1.32. The van der Waals surface area contributed by atoms with Crippen LogP contribution < -0.4 is 15.3 Å². The first kappa shape index (κ1) is 21.9. The Hall–Kier alpha value is -2.78. The molecule has 0 saturated heterocycles. The summed E-state index contributed by atoms with van der Waals surface area (Å²) < 4.78 is 29.1. The van der Waals surface area contributed by atoms with Crippen LogP contribution in [0.5, 0.6) is 0 Å². The van der Waals surface area contributed by atoms with E-state index in [1.165, 1.54) is 9.13 Å². The summed E-state index contributed by atoms with van der Waals surface area (Å²) in [5, 5.41) is 3.24. The summed E-state index contributed by atoms with van der Waals surface area (Å²) in [6.45, 7) is 1.74. The quantitative estimate of drug-likeness (QED) is 0.624. The Morgan fingerprint density at radius 1 is 1.10 bits per heavy atom. The summed E-state index contributed by atoms with van der Waals surface area (Å²) in [5.41, 5.74) is 2.03. The van der Waals surface area contributed by atoms with Crippen LogP contribution in [0, 0.1) is 0 Å². The zero-order valence-electron chi connectivity index (χ0n) is 17.1. The van der Waals surface area contributed by atoms with Gasteiger partial charge in [0.1, 0.15) is 6.04 Å². The number of halogens is 1. The second kappa shape index (κ2) is 8.16. The highest BCUT2D eigenvalue weighted by Gasteiger charge is 2.31. The third-order valence-electron chi connectivity index (χ3n) is 4.95. The number of aromatic nitrogens is 2. The van der Waals surface area contributed by atoms with Crippen LogP contribution in [0.3, 0.4) is 0 Å². The van der Waals surface area contributed by atoms with E-state index < -0.39 is 22.0 Å². The highest BCUT2D eigenvalue weighted by molar-refractivity contribution is 7.92. The van der Waals surface area contributed by atoms with Crippen molar-refractivity contribution in [2.45, 2.75) is 19.4 Å². The zero-order chi connectivity index (χ0) is 22.2. The summed E-state index contributed by atoms with van der Waals surface area (Å²) in [6, 6.07) is 10.4. The van der Waals surface area contributed by atoms with Crippen molar-refractivity contribution in [1.29, 1.82) is 0 Å². The van der Waals surface area contributed by atoms with Gasteiger partial charge in [0.25, 0.3) is 0 Å². The zero-order valence-corrected chi connectivity index (χ0v) is 18.7. The Morgan fingerprint density at radius 2 is 1.70 bits per heavy atom. The van der Waals surface area contributed by atoms with Crippen molar-refractivity contribution in [2.24, 2.45) is 14.1 Å². The summed E-state index contributed by atoms with van der Waals surface area (Å²) in [7, 11) is -0.420. The molecule has 0 saturated carbocycles. The molecule has 0 aliphatic carbocycles. The van der Waals surface area contributed by atoms with Gasteiger partial charge in [-0.25, -0.2) is 13.2 Å². The lowest BCUT2D eigenvalue weighted by molar-refractivity contribution is -0.117. The van der Waals surface area contributed by atoms with Crippen molar-refractivity contribution in [3.05, 3.63) is 58.0 Å². The molecule has 3 rings (SSSR count). The molecule has 1 aromatic heterocycles. The molecule has 2 aromatic carbocycles. The fourth-order valence-corrected chi connectivity index (χ4v) is 4.80. The molecule has 0 radical (unpaired) electrons. The minimum Gasteiger partial charge on any atom is -0.324 e. The second-order valence-corrected chi connectivity index (χ2v) is 9.35. The van der Waals surface area contributed by atoms with E-state index in [1.54, 1.807) is 63.5 Å². The number of rotatable bonds is 6. The molecule has 0 spiro atoms. The lowest BCUT2D eigenvalue weighted by Gasteiger charge is -2.30. The first-order chi connectivity index (χ1) is 14.0. The number of fused-ring (bicyclic) bond motifs is 1. The van der Waals surface area contributed by atoms with Gasteiger partial charge in [-0.15, -0.1) is 0 Å². The van der Waals surface area contributed by atoms with Crippen molar-refractivity contribution >= 4 is 49.9 Å². The van der Waals surface area contributed by atoms with Crippen LogP contribution in [-0.2, 0) is 28.9 Å². The van der Waals surface area contributed by atoms with E-state index in [-0.39, 0.29) is 12.1 Å². The number of nitrogens with zero attached hydrogens (tertiary/aromatic N) is 3. The van der Waals surface area contributed by atoms with E-state index in [9.17, 15) is 18.0 Å². The van der Waals surface area contributed by atoms with Gasteiger partial charge in [0.05, 0.1) is 23.0 Å². The van der Waals surface area contributed by atoms with E-state index in [0.29, 0.717) is 21.9 Å². The van der Waals surface area contributed by atoms with Crippen molar-refractivity contribution in [3.63, 3.8) is 0 Å². The molecule has 0 aliphatic rings. The van der Waals surface area contributed by atoms with Gasteiger partial charge < -0.3 is 5.32 Å². The lowest BCUT2D eigenvalue weighted by Crippen LogP contribution is -2.47. The largest absolute Gasteiger partial charge is 0.328 e. The monoisotopic (exact) mass is 450 g/mol. The number of benzene rings is 2. The average Bonchev–Trinajstić information content (AvgIpc) is 2.90. The predicted octanol–water partition coefficient (Wildman–Crippen LogP) is 2.71. The molecule has 1 amide bonds. The number of amides is 1. The Labute approximate surface area is 179 Å². The van der Waals surface area contributed by atoms with Gasteiger partial charge in [-0.3, -0.25) is 18.2 Å². The second-order valence-electron chi connectivity index (χ2n) is 7.05. The topological polar surface area (TPSA) is 93.4 Å². The fourth-order valence-electron chi connectivity index (χ4n) is 3.46. The van der Waals surface area contributed by atoms with E-state index in [0.717, 1.165) is 16.1 Å². The Morgan fingerprint density at radius 3 is 2.27 bits per heavy atom. The molecule has 1 atom stereocenters. The van der Waals surface area contributed by atoms with E-state index in [4.69, 9.17) is 11.6 Å². The summed E-state index contributed by atoms with van der Waals surface area (Å²) in [4.78, 5) is 25.2. The minimum atomic E-state index is -3.74. The van der Waals surface area contributed by atoms with Crippen LogP contribution >= 0.6 is 11.6 Å². The molecule has 1 unspecified atom stereocenters. The smallest absolute Gasteiger partial charge is 0.324 e. The predicted molar refractivity (Wildman–Crippen MR) is 120 cm³/mol. The van der Waals surface area contributed by atoms with E-state index >= 15 is 0 Å². The maximum atomic E-state index is 13.0. The van der Waals surface area contributed by atoms with Gasteiger partial charge >= 0.3 is 5.69 Å². The Balaban J connectivity index is 1.96. The summed E-state index contributed by atoms with van der Waals surface area (Å²) in [5.74, 6) is -0.474. The Bertz CT molecular complexity index is 1260. The molecular weight excluding hydrogens is 428 g/mol. The van der Waals surface area contributed by atoms with Gasteiger partial charge in [-0.2, -0.15) is 0 Å². The molecular formula is C20H23ClN4O4S. The van der Waals surface area contributed by atoms with E-state index in [2.05, 4.69) is 5.32 Å². The van der Waals surface area contributed by atoms with Crippen molar-refractivity contribution in [2.75, 3.05) is 15.9 Å². The van der Waals surface area contributed by atoms with Crippen molar-refractivity contribution in [1.82, 2.24) is 9.13 Å². The number of carbonyl (C=O) groups excluding carboxylic acids is 1. The number of aryl methyl sites for hydroxylation is 2. The minimum absolute atomic E-state index is 0.175. The molecule has 1 heterocycles. The molecule has 0 bridgehead atoms. The molecule has 1 N–H and O–H groups in total. The molecule has 0 fully saturated rings. The standard InChI is InChI=1S/C20H23ClN4O4S/c1-5-16(25(30(4,28)29)15-9-6-13(21)7-10-15)19(26)22-14-8-11-17-18(12-14)24(3)20(27)23(17)2/h6-12,16H,5H2,1-4H3,(H,22,26). The molecule has 160 valence electrons. The van der Waals surface area contributed by atoms with Crippen molar-refractivity contribution in [3.8, 4) is 0 Å². The van der Waals surface area contributed by atoms with Gasteiger partial charge in [0, 0.05) is 24.8 Å². The fraction of sp³-hybridized carbons (Fsp3) is 0.300. The van der Waals surface area contributed by atoms with Crippen LogP contribution in [0.4, 0.5) is 11.4 Å². The first-order valence-corrected chi connectivity index (χ1v) is 11.5. The van der Waals surface area contributed by atoms with Gasteiger partial charge in [0.2, 0.25) is 15.9 Å². The van der Waals surface area contributed by atoms with Crippen LogP contribution in [-0.4, -0.2) is 35.8 Å². The molecule has 10 heteroatoms. The van der Waals surface area contributed by atoms with Crippen LogP contribution in [0.2, 0.25) is 5.02 Å². The number of sulfonamides is 1. The van der Waals surface area contributed by atoms with Gasteiger partial charge in [-0.1, -0.05) is 18.5 Å².